The van der Waals surface area contributed by atoms with E-state index in [1.807, 2.05) is 17.7 Å². The fraction of sp³-hybridized carbons (Fsp3) is 0.615. The van der Waals surface area contributed by atoms with Gasteiger partial charge < -0.3 is 10.4 Å². The summed E-state index contributed by atoms with van der Waals surface area (Å²) in [6, 6.07) is 5.13. The standard InChI is InChI=1S/C26H35ClN4O3/c1-15(2)10-17-12-19(13-17)25-26(18-5-6-18)31(30-29-25)20(7-9-24(33)34)14-23(32)28-22-8-4-16(3)11-21(22)27/h4,8,11,15,17-20H,5-7,9-10,12-14H2,1-3H3,(H,28,32)(H,33,34)/t17?,19?,20-/m0/s1. The highest BCUT2D eigenvalue weighted by Gasteiger charge is 2.40. The molecule has 0 spiro atoms. The molecule has 0 aliphatic heterocycles. The first-order chi connectivity index (χ1) is 16.2. The van der Waals surface area contributed by atoms with E-state index in [0.29, 0.717) is 34.9 Å². The molecule has 4 rings (SSSR count). The van der Waals surface area contributed by atoms with Crippen molar-refractivity contribution in [2.24, 2.45) is 11.8 Å². The molecule has 2 saturated carbocycles. The second-order valence-electron chi connectivity index (χ2n) is 10.6. The van der Waals surface area contributed by atoms with Crippen LogP contribution in [-0.2, 0) is 9.59 Å². The van der Waals surface area contributed by atoms with E-state index < -0.39 is 5.97 Å². The predicted octanol–water partition coefficient (Wildman–Crippen LogP) is 6.09. The molecule has 0 bridgehead atoms. The van der Waals surface area contributed by atoms with Gasteiger partial charge in [-0.2, -0.15) is 0 Å². The number of aryl methyl sites for hydroxylation is 1. The lowest BCUT2D eigenvalue weighted by atomic mass is 9.69. The lowest BCUT2D eigenvalue weighted by molar-refractivity contribution is -0.137. The van der Waals surface area contributed by atoms with E-state index in [9.17, 15) is 14.7 Å². The van der Waals surface area contributed by atoms with E-state index in [2.05, 4.69) is 29.5 Å². The zero-order chi connectivity index (χ0) is 24.4. The number of hydrogen-bond donors (Lipinski definition) is 2. The van der Waals surface area contributed by atoms with Gasteiger partial charge in [-0.05, 0) is 75.0 Å². The Kier molecular flexibility index (Phi) is 7.60. The van der Waals surface area contributed by atoms with Crippen molar-refractivity contribution in [3.63, 3.8) is 0 Å². The Morgan fingerprint density at radius 2 is 1.97 bits per heavy atom. The third-order valence-corrected chi connectivity index (χ3v) is 7.32. The Labute approximate surface area is 206 Å². The average molecular weight is 487 g/mol. The molecule has 1 heterocycles. The van der Waals surface area contributed by atoms with Crippen LogP contribution in [0.5, 0.6) is 0 Å². The van der Waals surface area contributed by atoms with Crippen LogP contribution in [0, 0.1) is 18.8 Å². The van der Waals surface area contributed by atoms with Crippen LogP contribution in [0.15, 0.2) is 18.2 Å². The molecule has 2 aliphatic carbocycles. The Morgan fingerprint density at radius 3 is 2.59 bits per heavy atom. The van der Waals surface area contributed by atoms with Gasteiger partial charge in [0.25, 0.3) is 0 Å². The molecule has 184 valence electrons. The monoisotopic (exact) mass is 486 g/mol. The number of halogens is 1. The normalized spacial score (nSPS) is 20.7. The number of rotatable bonds is 11. The molecule has 0 unspecified atom stereocenters. The summed E-state index contributed by atoms with van der Waals surface area (Å²) in [5, 5.41) is 21.8. The second kappa shape index (κ2) is 10.5. The van der Waals surface area contributed by atoms with Gasteiger partial charge in [-0.1, -0.05) is 36.7 Å². The van der Waals surface area contributed by atoms with Crippen LogP contribution in [0.3, 0.4) is 0 Å². The lowest BCUT2D eigenvalue weighted by Crippen LogP contribution is -2.25. The first kappa shape index (κ1) is 24.7. The maximum atomic E-state index is 12.9. The summed E-state index contributed by atoms with van der Waals surface area (Å²) in [4.78, 5) is 24.3. The molecule has 2 N–H and O–H groups in total. The summed E-state index contributed by atoms with van der Waals surface area (Å²) in [5.41, 5.74) is 3.77. The van der Waals surface area contributed by atoms with E-state index in [0.717, 1.165) is 48.6 Å². The Morgan fingerprint density at radius 1 is 1.24 bits per heavy atom. The van der Waals surface area contributed by atoms with E-state index >= 15 is 0 Å². The van der Waals surface area contributed by atoms with Crippen LogP contribution < -0.4 is 5.32 Å². The number of benzene rings is 1. The minimum Gasteiger partial charge on any atom is -0.481 e. The molecule has 1 aromatic carbocycles. The lowest BCUT2D eigenvalue weighted by Gasteiger charge is -2.36. The first-order valence-electron chi connectivity index (χ1n) is 12.4. The topological polar surface area (TPSA) is 97.1 Å². The summed E-state index contributed by atoms with van der Waals surface area (Å²) in [7, 11) is 0. The summed E-state index contributed by atoms with van der Waals surface area (Å²) < 4.78 is 1.88. The van der Waals surface area contributed by atoms with E-state index in [1.54, 1.807) is 12.1 Å². The van der Waals surface area contributed by atoms with Crippen molar-refractivity contribution in [1.29, 1.82) is 0 Å². The molecule has 8 heteroatoms. The van der Waals surface area contributed by atoms with Crippen LogP contribution in [-0.4, -0.2) is 32.0 Å². The van der Waals surface area contributed by atoms with E-state index in [-0.39, 0.29) is 24.8 Å². The fourth-order valence-corrected chi connectivity index (χ4v) is 5.46. The van der Waals surface area contributed by atoms with Crippen molar-refractivity contribution in [1.82, 2.24) is 15.0 Å². The van der Waals surface area contributed by atoms with Crippen molar-refractivity contribution >= 4 is 29.2 Å². The van der Waals surface area contributed by atoms with Crippen molar-refractivity contribution in [2.75, 3.05) is 5.32 Å². The average Bonchev–Trinajstić information content (AvgIpc) is 3.48. The van der Waals surface area contributed by atoms with Crippen LogP contribution in [0.25, 0.3) is 0 Å². The number of nitrogens with zero attached hydrogens (tertiary/aromatic N) is 3. The van der Waals surface area contributed by atoms with Crippen LogP contribution in [0.2, 0.25) is 5.02 Å². The molecule has 2 aromatic rings. The largest absolute Gasteiger partial charge is 0.481 e. The highest BCUT2D eigenvalue weighted by atomic mass is 35.5. The van der Waals surface area contributed by atoms with Gasteiger partial charge in [0.1, 0.15) is 0 Å². The molecule has 0 radical (unpaired) electrons. The minimum absolute atomic E-state index is 0.0254. The van der Waals surface area contributed by atoms with Crippen molar-refractivity contribution in [3.8, 4) is 0 Å². The highest BCUT2D eigenvalue weighted by Crippen LogP contribution is 2.50. The van der Waals surface area contributed by atoms with Crippen molar-refractivity contribution < 1.29 is 14.7 Å². The third-order valence-electron chi connectivity index (χ3n) is 7.01. The van der Waals surface area contributed by atoms with E-state index in [1.165, 1.54) is 6.42 Å². The SMILES string of the molecule is Cc1ccc(NC(=O)C[C@H](CCC(=O)O)n2nnc(C3CC(CC(C)C)C3)c2C2CC2)c(Cl)c1. The van der Waals surface area contributed by atoms with Gasteiger partial charge in [-0.15, -0.1) is 5.10 Å². The van der Waals surface area contributed by atoms with E-state index in [4.69, 9.17) is 11.6 Å². The zero-order valence-corrected chi connectivity index (χ0v) is 21.0. The number of amides is 1. The van der Waals surface area contributed by atoms with Gasteiger partial charge in [0.05, 0.1) is 28.1 Å². The number of carbonyl (C=O) groups excluding carboxylic acids is 1. The number of carboxylic acid groups (broad SMARTS) is 1. The zero-order valence-electron chi connectivity index (χ0n) is 20.3. The summed E-state index contributed by atoms with van der Waals surface area (Å²) in [6.07, 6.45) is 6.15. The third kappa shape index (κ3) is 5.98. The maximum Gasteiger partial charge on any atom is 0.303 e. The number of carboxylic acids is 1. The molecule has 2 aliphatic rings. The summed E-state index contributed by atoms with van der Waals surface area (Å²) in [6.45, 7) is 6.47. The Balaban J connectivity index is 1.52. The summed E-state index contributed by atoms with van der Waals surface area (Å²) in [5.74, 6) is 1.20. The number of aliphatic carboxylic acids is 1. The minimum atomic E-state index is -0.879. The Hall–Kier alpha value is -2.41. The molecule has 1 aromatic heterocycles. The van der Waals surface area contributed by atoms with Gasteiger partial charge in [-0.25, -0.2) is 4.68 Å². The number of nitrogens with one attached hydrogen (secondary N) is 1. The molecule has 1 amide bonds. The molecule has 34 heavy (non-hydrogen) atoms. The van der Waals surface area contributed by atoms with Crippen LogP contribution in [0.1, 0.15) is 100 Å². The number of aromatic nitrogens is 3. The van der Waals surface area contributed by atoms with Gasteiger partial charge in [0, 0.05) is 24.7 Å². The highest BCUT2D eigenvalue weighted by molar-refractivity contribution is 6.33. The maximum absolute atomic E-state index is 12.9. The molecular weight excluding hydrogens is 452 g/mol. The number of hydrogen-bond acceptors (Lipinski definition) is 4. The van der Waals surface area contributed by atoms with Gasteiger partial charge >= 0.3 is 5.97 Å². The van der Waals surface area contributed by atoms with Gasteiger partial charge in [-0.3, -0.25) is 9.59 Å². The van der Waals surface area contributed by atoms with Crippen LogP contribution in [0.4, 0.5) is 5.69 Å². The molecule has 7 nitrogen and oxygen atoms in total. The predicted molar refractivity (Wildman–Crippen MR) is 132 cm³/mol. The van der Waals surface area contributed by atoms with Gasteiger partial charge in [0.15, 0.2) is 0 Å². The first-order valence-corrected chi connectivity index (χ1v) is 12.8. The number of anilines is 1. The molecule has 1 atom stereocenters. The molecule has 0 saturated heterocycles. The Bertz CT molecular complexity index is 1040. The van der Waals surface area contributed by atoms with Gasteiger partial charge in [0.2, 0.25) is 5.91 Å². The summed E-state index contributed by atoms with van der Waals surface area (Å²) >= 11 is 6.29. The molecule has 2 fully saturated rings. The van der Waals surface area contributed by atoms with Crippen LogP contribution >= 0.6 is 11.6 Å². The number of carbonyl (C=O) groups is 2. The van der Waals surface area contributed by atoms with Crippen molar-refractivity contribution in [3.05, 3.63) is 40.2 Å². The smallest absolute Gasteiger partial charge is 0.303 e. The fourth-order valence-electron chi connectivity index (χ4n) is 5.18. The molecular formula is C26H35ClN4O3. The van der Waals surface area contributed by atoms with Crippen molar-refractivity contribution in [2.45, 2.75) is 90.0 Å². The second-order valence-corrected chi connectivity index (χ2v) is 11.0. The quantitative estimate of drug-likeness (QED) is 0.400.